The molecule has 1 aliphatic rings. The van der Waals surface area contributed by atoms with Crippen molar-refractivity contribution in [2.75, 3.05) is 18.6 Å². The van der Waals surface area contributed by atoms with Crippen molar-refractivity contribution in [2.24, 2.45) is 0 Å². The number of ketones is 1. The van der Waals surface area contributed by atoms with Crippen LogP contribution >= 0.6 is 0 Å². The lowest BCUT2D eigenvalue weighted by atomic mass is 9.83. The molecule has 134 valence electrons. The van der Waals surface area contributed by atoms with Gasteiger partial charge in [-0.2, -0.15) is 0 Å². The standard InChI is InChI=1S/C21H20FNO3/c1-21(2)17-6-4-5-7-18(17)23(3)19(21)12-16(24)13-26-20(25)14-8-10-15(22)11-9-14/h4-12H,13H2,1-3H3/b19-12-. The van der Waals surface area contributed by atoms with E-state index in [-0.39, 0.29) is 23.4 Å². The lowest BCUT2D eigenvalue weighted by Gasteiger charge is -2.23. The Morgan fingerprint density at radius 3 is 2.42 bits per heavy atom. The summed E-state index contributed by atoms with van der Waals surface area (Å²) in [5, 5.41) is 0. The van der Waals surface area contributed by atoms with E-state index in [4.69, 9.17) is 4.74 Å². The molecule has 2 aromatic carbocycles. The molecule has 3 rings (SSSR count). The first-order valence-corrected chi connectivity index (χ1v) is 8.31. The maximum atomic E-state index is 12.9. The van der Waals surface area contributed by atoms with Crippen LogP contribution < -0.4 is 4.90 Å². The van der Waals surface area contributed by atoms with E-state index in [0.717, 1.165) is 16.9 Å². The Labute approximate surface area is 151 Å². The molecule has 2 aromatic rings. The number of hydrogen-bond donors (Lipinski definition) is 0. The van der Waals surface area contributed by atoms with Crippen LogP contribution in [0, 0.1) is 5.82 Å². The highest BCUT2D eigenvalue weighted by Crippen LogP contribution is 2.46. The van der Waals surface area contributed by atoms with E-state index in [0.29, 0.717) is 0 Å². The van der Waals surface area contributed by atoms with Crippen LogP contribution in [0.1, 0.15) is 29.8 Å². The summed E-state index contributed by atoms with van der Waals surface area (Å²) in [7, 11) is 1.91. The van der Waals surface area contributed by atoms with Gasteiger partial charge in [-0.25, -0.2) is 9.18 Å². The third kappa shape index (κ3) is 3.25. The van der Waals surface area contributed by atoms with Crippen LogP contribution in [-0.2, 0) is 14.9 Å². The number of likely N-dealkylation sites (N-methyl/N-ethyl adjacent to an activating group) is 1. The zero-order valence-electron chi connectivity index (χ0n) is 15.0. The van der Waals surface area contributed by atoms with Crippen LogP contribution in [0.5, 0.6) is 0 Å². The summed E-state index contributed by atoms with van der Waals surface area (Å²) in [5.74, 6) is -1.39. The van der Waals surface area contributed by atoms with Crippen molar-refractivity contribution in [3.8, 4) is 0 Å². The molecule has 0 radical (unpaired) electrons. The number of ether oxygens (including phenoxy) is 1. The summed E-state index contributed by atoms with van der Waals surface area (Å²) in [4.78, 5) is 26.3. The minimum atomic E-state index is -0.654. The Hall–Kier alpha value is -2.95. The summed E-state index contributed by atoms with van der Waals surface area (Å²) in [6.07, 6.45) is 1.53. The molecule has 1 aliphatic heterocycles. The summed E-state index contributed by atoms with van der Waals surface area (Å²) < 4.78 is 17.9. The van der Waals surface area contributed by atoms with Gasteiger partial charge in [-0.1, -0.05) is 32.0 Å². The van der Waals surface area contributed by atoms with Crippen LogP contribution in [0.15, 0.2) is 60.3 Å². The monoisotopic (exact) mass is 353 g/mol. The van der Waals surface area contributed by atoms with Crippen molar-refractivity contribution in [1.82, 2.24) is 0 Å². The number of halogens is 1. The van der Waals surface area contributed by atoms with Gasteiger partial charge in [0.1, 0.15) is 5.82 Å². The average molecular weight is 353 g/mol. The molecule has 0 aliphatic carbocycles. The normalized spacial score (nSPS) is 16.5. The fraction of sp³-hybridized carbons (Fsp3) is 0.238. The molecular formula is C21H20FNO3. The minimum absolute atomic E-state index is 0.206. The van der Waals surface area contributed by atoms with Crippen LogP contribution in [-0.4, -0.2) is 25.4 Å². The van der Waals surface area contributed by atoms with E-state index < -0.39 is 11.8 Å². The van der Waals surface area contributed by atoms with Gasteiger partial charge in [0.15, 0.2) is 12.4 Å². The highest BCUT2D eigenvalue weighted by Gasteiger charge is 2.38. The molecular weight excluding hydrogens is 333 g/mol. The first-order chi connectivity index (χ1) is 12.3. The molecule has 0 saturated carbocycles. The van der Waals surface area contributed by atoms with Crippen LogP contribution in [0.2, 0.25) is 0 Å². The second kappa shape index (κ2) is 6.75. The topological polar surface area (TPSA) is 46.6 Å². The third-order valence-corrected chi connectivity index (χ3v) is 4.66. The van der Waals surface area contributed by atoms with Gasteiger partial charge in [0, 0.05) is 29.9 Å². The number of rotatable bonds is 4. The number of benzene rings is 2. The number of hydrogen-bond acceptors (Lipinski definition) is 4. The fourth-order valence-corrected chi connectivity index (χ4v) is 3.26. The Balaban J connectivity index is 1.71. The van der Waals surface area contributed by atoms with Gasteiger partial charge in [-0.3, -0.25) is 4.79 Å². The summed E-state index contributed by atoms with van der Waals surface area (Å²) in [6.45, 7) is 3.75. The predicted octanol–water partition coefficient (Wildman–Crippen LogP) is 3.86. The number of fused-ring (bicyclic) bond motifs is 1. The number of carbonyl (C=O) groups excluding carboxylic acids is 2. The molecule has 0 fully saturated rings. The second-order valence-electron chi connectivity index (χ2n) is 6.78. The van der Waals surface area contributed by atoms with Gasteiger partial charge < -0.3 is 9.64 Å². The molecule has 0 N–H and O–H groups in total. The van der Waals surface area contributed by atoms with Gasteiger partial charge in [0.2, 0.25) is 0 Å². The highest BCUT2D eigenvalue weighted by molar-refractivity contribution is 5.96. The van der Waals surface area contributed by atoms with Gasteiger partial charge in [0.25, 0.3) is 0 Å². The molecule has 0 aromatic heterocycles. The molecule has 0 bridgehead atoms. The van der Waals surface area contributed by atoms with Gasteiger partial charge in [0.05, 0.1) is 5.56 Å². The average Bonchev–Trinajstić information content (AvgIpc) is 2.81. The number of para-hydroxylation sites is 1. The van der Waals surface area contributed by atoms with Gasteiger partial charge in [-0.15, -0.1) is 0 Å². The maximum absolute atomic E-state index is 12.9. The largest absolute Gasteiger partial charge is 0.454 e. The second-order valence-corrected chi connectivity index (χ2v) is 6.78. The lowest BCUT2D eigenvalue weighted by Crippen LogP contribution is -2.25. The minimum Gasteiger partial charge on any atom is -0.454 e. The summed E-state index contributed by atoms with van der Waals surface area (Å²) in [6, 6.07) is 13.0. The Morgan fingerprint density at radius 2 is 1.77 bits per heavy atom. The number of anilines is 1. The maximum Gasteiger partial charge on any atom is 0.338 e. The molecule has 0 saturated heterocycles. The van der Waals surface area contributed by atoms with Gasteiger partial charge in [-0.05, 0) is 35.9 Å². The van der Waals surface area contributed by atoms with Crippen LogP contribution in [0.3, 0.4) is 0 Å². The zero-order chi connectivity index (χ0) is 18.9. The molecule has 26 heavy (non-hydrogen) atoms. The Bertz CT molecular complexity index is 884. The zero-order valence-corrected chi connectivity index (χ0v) is 15.0. The quantitative estimate of drug-likeness (QED) is 0.618. The first-order valence-electron chi connectivity index (χ1n) is 8.31. The predicted molar refractivity (Wildman–Crippen MR) is 97.6 cm³/mol. The molecule has 4 nitrogen and oxygen atoms in total. The summed E-state index contributed by atoms with van der Waals surface area (Å²) in [5.41, 5.74) is 2.94. The smallest absolute Gasteiger partial charge is 0.338 e. The van der Waals surface area contributed by atoms with E-state index in [1.807, 2.05) is 36.2 Å². The van der Waals surface area contributed by atoms with Crippen molar-refractivity contribution < 1.29 is 18.7 Å². The molecule has 0 atom stereocenters. The SMILES string of the molecule is CN1/C(=C\C(=O)COC(=O)c2ccc(F)cc2)C(C)(C)c2ccccc21. The third-order valence-electron chi connectivity index (χ3n) is 4.66. The lowest BCUT2D eigenvalue weighted by molar-refractivity contribution is -0.117. The van der Waals surface area contributed by atoms with Crippen molar-refractivity contribution >= 4 is 17.4 Å². The Kier molecular flexibility index (Phi) is 4.64. The van der Waals surface area contributed by atoms with Crippen molar-refractivity contribution in [1.29, 1.82) is 0 Å². The van der Waals surface area contributed by atoms with E-state index in [2.05, 4.69) is 13.8 Å². The van der Waals surface area contributed by atoms with Gasteiger partial charge >= 0.3 is 5.97 Å². The first kappa shape index (κ1) is 17.9. The molecule has 5 heteroatoms. The van der Waals surface area contributed by atoms with E-state index in [1.54, 1.807) is 0 Å². The van der Waals surface area contributed by atoms with E-state index >= 15 is 0 Å². The molecule has 0 spiro atoms. The Morgan fingerprint density at radius 1 is 1.12 bits per heavy atom. The fourth-order valence-electron chi connectivity index (χ4n) is 3.26. The summed E-state index contributed by atoms with van der Waals surface area (Å²) >= 11 is 0. The van der Waals surface area contributed by atoms with E-state index in [1.165, 1.54) is 30.3 Å². The number of nitrogens with zero attached hydrogens (tertiary/aromatic N) is 1. The number of carbonyl (C=O) groups is 2. The highest BCUT2D eigenvalue weighted by atomic mass is 19.1. The van der Waals surface area contributed by atoms with E-state index in [9.17, 15) is 14.0 Å². The van der Waals surface area contributed by atoms with Crippen molar-refractivity contribution in [2.45, 2.75) is 19.3 Å². The molecule has 0 amide bonds. The molecule has 0 unspecified atom stereocenters. The number of allylic oxidation sites excluding steroid dienone is 1. The van der Waals surface area contributed by atoms with Crippen LogP contribution in [0.4, 0.5) is 10.1 Å². The van der Waals surface area contributed by atoms with Crippen molar-refractivity contribution in [3.63, 3.8) is 0 Å². The van der Waals surface area contributed by atoms with Crippen molar-refractivity contribution in [3.05, 3.63) is 77.2 Å². The van der Waals surface area contributed by atoms with Crippen LogP contribution in [0.25, 0.3) is 0 Å². The number of esters is 1. The molecule has 1 heterocycles.